The molecule has 1 aromatic carbocycles. The first-order valence-electron chi connectivity index (χ1n) is 4.68. The van der Waals surface area contributed by atoms with Crippen LogP contribution in [0.2, 0.25) is 0 Å². The third-order valence-corrected chi connectivity index (χ3v) is 3.49. The lowest BCUT2D eigenvalue weighted by Crippen LogP contribution is -2.26. The van der Waals surface area contributed by atoms with E-state index in [9.17, 15) is 12.3 Å². The smallest absolute Gasteiger partial charge is 0.375 e. The molecule has 1 atom stereocenters. The number of benzene rings is 1. The van der Waals surface area contributed by atoms with Crippen molar-refractivity contribution < 1.29 is 17.0 Å². The lowest BCUT2D eigenvalue weighted by Gasteiger charge is -2.20. The minimum atomic E-state index is -4.66. The summed E-state index contributed by atoms with van der Waals surface area (Å²) in [6, 6.07) is 6.24. The van der Waals surface area contributed by atoms with Crippen LogP contribution in [0.5, 0.6) is 5.75 Å². The van der Waals surface area contributed by atoms with Crippen molar-refractivity contribution in [3.05, 3.63) is 29.8 Å². The Hall–Kier alpha value is -1.14. The molecule has 0 aliphatic heterocycles. The van der Waals surface area contributed by atoms with Gasteiger partial charge in [-0.15, -0.1) is 0 Å². The molecule has 1 unspecified atom stereocenters. The van der Waals surface area contributed by atoms with Gasteiger partial charge in [0.15, 0.2) is 0 Å². The second kappa shape index (κ2) is 4.80. The molecule has 0 amide bonds. The highest BCUT2D eigenvalue weighted by Crippen LogP contribution is 2.23. The first kappa shape index (κ1) is 12.9. The SMILES string of the molecule is COc1ccc(C(C)N(C)S(=O)(=O)F)cc1. The van der Waals surface area contributed by atoms with Crippen molar-refractivity contribution >= 4 is 10.4 Å². The van der Waals surface area contributed by atoms with Crippen molar-refractivity contribution in [2.45, 2.75) is 13.0 Å². The van der Waals surface area contributed by atoms with Crippen molar-refractivity contribution in [3.8, 4) is 5.75 Å². The summed E-state index contributed by atoms with van der Waals surface area (Å²) in [7, 11) is -1.93. The van der Waals surface area contributed by atoms with Gasteiger partial charge < -0.3 is 4.74 Å². The molecule has 1 rings (SSSR count). The van der Waals surface area contributed by atoms with Crippen LogP contribution in [0.25, 0.3) is 0 Å². The predicted molar refractivity (Wildman–Crippen MR) is 59.2 cm³/mol. The van der Waals surface area contributed by atoms with Gasteiger partial charge in [-0.2, -0.15) is 12.7 Å². The largest absolute Gasteiger partial charge is 0.497 e. The summed E-state index contributed by atoms with van der Waals surface area (Å²) in [6.45, 7) is 1.61. The predicted octanol–water partition coefficient (Wildman–Crippen LogP) is 1.90. The highest BCUT2D eigenvalue weighted by atomic mass is 32.3. The van der Waals surface area contributed by atoms with Gasteiger partial charge in [0.2, 0.25) is 0 Å². The molecule has 0 N–H and O–H groups in total. The standard InChI is InChI=1S/C10H14FNO3S/c1-8(12(2)16(11,13)14)9-4-6-10(15-3)7-5-9/h4-8H,1-3H3. The van der Waals surface area contributed by atoms with E-state index in [-0.39, 0.29) is 0 Å². The molecule has 1 aromatic rings. The summed E-state index contributed by atoms with van der Waals surface area (Å²) >= 11 is 0. The lowest BCUT2D eigenvalue weighted by atomic mass is 10.1. The Morgan fingerprint density at radius 3 is 2.19 bits per heavy atom. The van der Waals surface area contributed by atoms with Crippen LogP contribution in [-0.2, 0) is 10.4 Å². The summed E-state index contributed by atoms with van der Waals surface area (Å²) in [5.41, 5.74) is 0.699. The molecule has 4 nitrogen and oxygen atoms in total. The molecule has 0 heterocycles. The highest BCUT2D eigenvalue weighted by molar-refractivity contribution is 7.83. The fraction of sp³-hybridized carbons (Fsp3) is 0.400. The van der Waals surface area contributed by atoms with E-state index in [2.05, 4.69) is 0 Å². The zero-order valence-corrected chi connectivity index (χ0v) is 10.2. The summed E-state index contributed by atoms with van der Waals surface area (Å²) in [5, 5.41) is 0. The van der Waals surface area contributed by atoms with E-state index in [0.29, 0.717) is 15.6 Å². The Morgan fingerprint density at radius 2 is 1.81 bits per heavy atom. The maximum Gasteiger partial charge on any atom is 0.375 e. The molecule has 0 aliphatic rings. The summed E-state index contributed by atoms with van der Waals surface area (Å²) in [5.74, 6) is 0.668. The van der Waals surface area contributed by atoms with E-state index in [1.54, 1.807) is 31.2 Å². The van der Waals surface area contributed by atoms with Gasteiger partial charge in [0, 0.05) is 13.1 Å². The number of hydrogen-bond acceptors (Lipinski definition) is 3. The third-order valence-electron chi connectivity index (χ3n) is 2.49. The Kier molecular flexibility index (Phi) is 3.88. The fourth-order valence-corrected chi connectivity index (χ4v) is 1.78. The number of hydrogen-bond donors (Lipinski definition) is 0. The number of ether oxygens (including phenoxy) is 1. The second-order valence-corrected chi connectivity index (χ2v) is 4.81. The van der Waals surface area contributed by atoms with Gasteiger partial charge in [-0.1, -0.05) is 16.0 Å². The van der Waals surface area contributed by atoms with E-state index >= 15 is 0 Å². The average molecular weight is 247 g/mol. The van der Waals surface area contributed by atoms with Gasteiger partial charge in [0.1, 0.15) is 5.75 Å². The Morgan fingerprint density at radius 1 is 1.31 bits per heavy atom. The van der Waals surface area contributed by atoms with Crippen molar-refractivity contribution in [2.75, 3.05) is 14.2 Å². The average Bonchev–Trinajstić information content (AvgIpc) is 2.26. The van der Waals surface area contributed by atoms with E-state index in [0.717, 1.165) is 0 Å². The Bertz CT molecular complexity index is 444. The monoisotopic (exact) mass is 247 g/mol. The van der Waals surface area contributed by atoms with Crippen molar-refractivity contribution in [3.63, 3.8) is 0 Å². The van der Waals surface area contributed by atoms with E-state index in [1.807, 2.05) is 0 Å². The molecule has 0 radical (unpaired) electrons. The normalized spacial score (nSPS) is 13.8. The van der Waals surface area contributed by atoms with Crippen LogP contribution >= 0.6 is 0 Å². The molecular weight excluding hydrogens is 233 g/mol. The topological polar surface area (TPSA) is 46.6 Å². The highest BCUT2D eigenvalue weighted by Gasteiger charge is 2.23. The number of methoxy groups -OCH3 is 1. The first-order valence-corrected chi connectivity index (χ1v) is 6.02. The van der Waals surface area contributed by atoms with Crippen molar-refractivity contribution in [2.24, 2.45) is 0 Å². The Labute approximate surface area is 95.0 Å². The molecule has 0 bridgehead atoms. The van der Waals surface area contributed by atoms with E-state index in [4.69, 9.17) is 4.74 Å². The molecule has 0 fully saturated rings. The van der Waals surface area contributed by atoms with Crippen molar-refractivity contribution in [1.82, 2.24) is 4.31 Å². The van der Waals surface area contributed by atoms with Gasteiger partial charge >= 0.3 is 10.4 Å². The van der Waals surface area contributed by atoms with Gasteiger partial charge in [0.05, 0.1) is 7.11 Å². The molecule has 0 saturated carbocycles. The summed E-state index contributed by atoms with van der Waals surface area (Å²) < 4.78 is 39.8. The van der Waals surface area contributed by atoms with Crippen LogP contribution in [0.3, 0.4) is 0 Å². The third kappa shape index (κ3) is 2.93. The van der Waals surface area contributed by atoms with Crippen LogP contribution in [-0.4, -0.2) is 26.9 Å². The van der Waals surface area contributed by atoms with Crippen LogP contribution in [0.4, 0.5) is 3.89 Å². The molecule has 16 heavy (non-hydrogen) atoms. The van der Waals surface area contributed by atoms with Gasteiger partial charge in [-0.25, -0.2) is 0 Å². The molecule has 0 aliphatic carbocycles. The van der Waals surface area contributed by atoms with Crippen LogP contribution < -0.4 is 4.74 Å². The zero-order chi connectivity index (χ0) is 12.3. The Balaban J connectivity index is 2.92. The summed E-state index contributed by atoms with van der Waals surface area (Å²) in [6.07, 6.45) is 0. The van der Waals surface area contributed by atoms with Crippen LogP contribution in [0.15, 0.2) is 24.3 Å². The van der Waals surface area contributed by atoms with Crippen LogP contribution in [0.1, 0.15) is 18.5 Å². The number of halogens is 1. The minimum absolute atomic E-state index is 0.555. The first-order chi connectivity index (χ1) is 7.36. The second-order valence-electron chi connectivity index (χ2n) is 3.41. The van der Waals surface area contributed by atoms with E-state index in [1.165, 1.54) is 14.2 Å². The number of rotatable bonds is 4. The zero-order valence-electron chi connectivity index (χ0n) is 9.34. The molecule has 90 valence electrons. The van der Waals surface area contributed by atoms with Gasteiger partial charge in [-0.3, -0.25) is 0 Å². The quantitative estimate of drug-likeness (QED) is 0.763. The lowest BCUT2D eigenvalue weighted by molar-refractivity contribution is 0.372. The molecule has 0 aromatic heterocycles. The van der Waals surface area contributed by atoms with E-state index < -0.39 is 16.5 Å². The maximum absolute atomic E-state index is 12.7. The maximum atomic E-state index is 12.7. The van der Waals surface area contributed by atoms with Gasteiger partial charge in [0.25, 0.3) is 0 Å². The fourth-order valence-electron chi connectivity index (χ4n) is 1.28. The number of nitrogens with zero attached hydrogens (tertiary/aromatic N) is 1. The molecule has 0 spiro atoms. The van der Waals surface area contributed by atoms with Gasteiger partial charge in [-0.05, 0) is 24.6 Å². The van der Waals surface area contributed by atoms with Crippen molar-refractivity contribution in [1.29, 1.82) is 0 Å². The molecular formula is C10H14FNO3S. The molecule has 0 saturated heterocycles. The van der Waals surface area contributed by atoms with Crippen LogP contribution in [0, 0.1) is 0 Å². The summed E-state index contributed by atoms with van der Waals surface area (Å²) in [4.78, 5) is 0. The minimum Gasteiger partial charge on any atom is -0.497 e. The molecule has 6 heteroatoms.